The number of rotatable bonds is 2. The van der Waals surface area contributed by atoms with Crippen LogP contribution in [-0.4, -0.2) is 18.2 Å². The molecule has 0 spiro atoms. The molecular weight excluding hydrogens is 266 g/mol. The molecule has 0 rings (SSSR count). The summed E-state index contributed by atoms with van der Waals surface area (Å²) in [4.78, 5) is 0. The first kappa shape index (κ1) is 14.8. The minimum atomic E-state index is -6.77. The van der Waals surface area contributed by atoms with Gasteiger partial charge in [0.15, 0.2) is 0 Å². The number of alkyl halides is 7. The van der Waals surface area contributed by atoms with Crippen LogP contribution in [0.25, 0.3) is 0 Å². The standard InChI is InChI=1S/C5F10O/c6-1(7)2(8)16-3(9,4(10,11)12)5(13,14)15. The van der Waals surface area contributed by atoms with Crippen molar-refractivity contribution in [3.8, 4) is 0 Å². The highest BCUT2D eigenvalue weighted by atomic mass is 19.4. The van der Waals surface area contributed by atoms with Crippen molar-refractivity contribution in [2.24, 2.45) is 0 Å². The molecule has 0 amide bonds. The molecule has 0 bridgehead atoms. The van der Waals surface area contributed by atoms with Gasteiger partial charge in [0.25, 0.3) is 0 Å². The van der Waals surface area contributed by atoms with E-state index in [4.69, 9.17) is 0 Å². The van der Waals surface area contributed by atoms with Crippen molar-refractivity contribution in [1.29, 1.82) is 0 Å². The van der Waals surface area contributed by atoms with Crippen molar-refractivity contribution in [2.45, 2.75) is 18.2 Å². The number of hydrogen-bond acceptors (Lipinski definition) is 1. The van der Waals surface area contributed by atoms with Gasteiger partial charge in [-0.3, -0.25) is 0 Å². The lowest BCUT2D eigenvalue weighted by atomic mass is 10.3. The first-order valence-corrected chi connectivity index (χ1v) is 3.05. The number of hydrogen-bond donors (Lipinski definition) is 0. The molecule has 0 N–H and O–H groups in total. The summed E-state index contributed by atoms with van der Waals surface area (Å²) in [5.41, 5.74) is 0. The van der Waals surface area contributed by atoms with Gasteiger partial charge in [-0.1, -0.05) is 0 Å². The van der Waals surface area contributed by atoms with Crippen LogP contribution in [0, 0.1) is 0 Å². The lowest BCUT2D eigenvalue weighted by Crippen LogP contribution is -2.54. The summed E-state index contributed by atoms with van der Waals surface area (Å²) < 4.78 is 118. The zero-order chi connectivity index (χ0) is 13.4. The molecule has 0 aliphatic carbocycles. The summed E-state index contributed by atoms with van der Waals surface area (Å²) in [7, 11) is 0. The highest BCUT2D eigenvalue weighted by Crippen LogP contribution is 2.48. The molecule has 96 valence electrons. The Balaban J connectivity index is 5.39. The summed E-state index contributed by atoms with van der Waals surface area (Å²) in [6, 6.07) is -3.60. The van der Waals surface area contributed by atoms with Crippen LogP contribution in [0.5, 0.6) is 0 Å². The van der Waals surface area contributed by atoms with Crippen LogP contribution in [0.15, 0.2) is 12.1 Å². The van der Waals surface area contributed by atoms with Gasteiger partial charge >= 0.3 is 30.3 Å². The molecule has 0 aromatic rings. The Morgan fingerprint density at radius 1 is 0.688 bits per heavy atom. The van der Waals surface area contributed by atoms with E-state index in [0.29, 0.717) is 0 Å². The van der Waals surface area contributed by atoms with Crippen LogP contribution in [0.3, 0.4) is 0 Å². The van der Waals surface area contributed by atoms with Gasteiger partial charge in [0, 0.05) is 0 Å². The third-order valence-electron chi connectivity index (χ3n) is 1.11. The van der Waals surface area contributed by atoms with Crippen molar-refractivity contribution in [1.82, 2.24) is 0 Å². The number of halogens is 10. The highest BCUT2D eigenvalue weighted by molar-refractivity contribution is 4.92. The van der Waals surface area contributed by atoms with Crippen molar-refractivity contribution >= 4 is 0 Å². The maximum atomic E-state index is 12.3. The molecular formula is C5F10O. The van der Waals surface area contributed by atoms with Gasteiger partial charge in [0.05, 0.1) is 0 Å². The molecule has 0 fully saturated rings. The fourth-order valence-electron chi connectivity index (χ4n) is 0.438. The smallest absolute Gasteiger partial charge is 0.414 e. The topological polar surface area (TPSA) is 9.23 Å². The Labute approximate surface area is 80.3 Å². The molecule has 0 heterocycles. The van der Waals surface area contributed by atoms with Gasteiger partial charge in [-0.15, -0.1) is 0 Å². The Morgan fingerprint density at radius 2 is 1.00 bits per heavy atom. The Morgan fingerprint density at radius 3 is 1.19 bits per heavy atom. The molecule has 11 heteroatoms. The van der Waals surface area contributed by atoms with Gasteiger partial charge in [-0.2, -0.15) is 43.9 Å². The van der Waals surface area contributed by atoms with E-state index in [1.165, 1.54) is 0 Å². The largest absolute Gasteiger partial charge is 0.470 e. The van der Waals surface area contributed by atoms with Crippen molar-refractivity contribution in [3.05, 3.63) is 12.1 Å². The maximum absolute atomic E-state index is 12.3. The van der Waals surface area contributed by atoms with Crippen LogP contribution in [0.1, 0.15) is 0 Å². The summed E-state index contributed by atoms with van der Waals surface area (Å²) in [5, 5.41) is 0. The molecule has 0 aliphatic heterocycles. The minimum Gasteiger partial charge on any atom is -0.414 e. The van der Waals surface area contributed by atoms with Crippen LogP contribution in [0.4, 0.5) is 43.9 Å². The van der Waals surface area contributed by atoms with E-state index >= 15 is 0 Å². The lowest BCUT2D eigenvalue weighted by molar-refractivity contribution is -0.425. The summed E-state index contributed by atoms with van der Waals surface area (Å²) in [5.74, 6) is -6.53. The van der Waals surface area contributed by atoms with E-state index in [-0.39, 0.29) is 0 Å². The monoisotopic (exact) mass is 266 g/mol. The van der Waals surface area contributed by atoms with E-state index in [1.807, 2.05) is 4.74 Å². The predicted molar refractivity (Wildman–Crippen MR) is 27.4 cm³/mol. The van der Waals surface area contributed by atoms with Crippen LogP contribution < -0.4 is 0 Å². The first-order chi connectivity index (χ1) is 6.83. The average molecular weight is 266 g/mol. The highest BCUT2D eigenvalue weighted by Gasteiger charge is 2.76. The Hall–Kier alpha value is -1.16. The van der Waals surface area contributed by atoms with Gasteiger partial charge in [-0.05, 0) is 0 Å². The van der Waals surface area contributed by atoms with Gasteiger partial charge in [0.1, 0.15) is 0 Å². The van der Waals surface area contributed by atoms with E-state index < -0.39 is 30.3 Å². The van der Waals surface area contributed by atoms with Crippen molar-refractivity contribution < 1.29 is 48.6 Å². The molecule has 0 saturated heterocycles. The second-order valence-electron chi connectivity index (χ2n) is 2.23. The molecule has 0 aromatic carbocycles. The summed E-state index contributed by atoms with van der Waals surface area (Å²) >= 11 is 0. The van der Waals surface area contributed by atoms with E-state index in [2.05, 4.69) is 0 Å². The fourth-order valence-corrected chi connectivity index (χ4v) is 0.438. The zero-order valence-corrected chi connectivity index (χ0v) is 6.69. The third-order valence-corrected chi connectivity index (χ3v) is 1.11. The fraction of sp³-hybridized carbons (Fsp3) is 0.600. The minimum absolute atomic E-state index is 1.97. The van der Waals surface area contributed by atoms with Crippen molar-refractivity contribution in [3.63, 3.8) is 0 Å². The molecule has 16 heavy (non-hydrogen) atoms. The lowest BCUT2D eigenvalue weighted by Gasteiger charge is -2.28. The second kappa shape index (κ2) is 4.01. The molecule has 0 unspecified atom stereocenters. The predicted octanol–water partition coefficient (Wildman–Crippen LogP) is 3.83. The molecule has 0 atom stereocenters. The van der Waals surface area contributed by atoms with E-state index in [0.717, 1.165) is 0 Å². The zero-order valence-electron chi connectivity index (χ0n) is 6.69. The summed E-state index contributed by atoms with van der Waals surface area (Å²) in [6.45, 7) is 0. The average Bonchev–Trinajstić information content (AvgIpc) is 1.99. The molecule has 1 nitrogen and oxygen atoms in total. The maximum Gasteiger partial charge on any atom is 0.470 e. The Bertz CT molecular complexity index is 267. The van der Waals surface area contributed by atoms with Crippen molar-refractivity contribution in [2.75, 3.05) is 0 Å². The third kappa shape index (κ3) is 2.70. The van der Waals surface area contributed by atoms with Crippen LogP contribution in [0.2, 0.25) is 0 Å². The molecule has 0 aliphatic rings. The van der Waals surface area contributed by atoms with Crippen LogP contribution in [-0.2, 0) is 4.74 Å². The molecule has 0 saturated carbocycles. The first-order valence-electron chi connectivity index (χ1n) is 3.05. The molecule has 0 aromatic heterocycles. The quantitative estimate of drug-likeness (QED) is 0.545. The van der Waals surface area contributed by atoms with Gasteiger partial charge in [-0.25, -0.2) is 0 Å². The summed E-state index contributed by atoms with van der Waals surface area (Å²) in [6.07, 6.45) is -17.2. The molecule has 0 radical (unpaired) electrons. The number of ether oxygens (including phenoxy) is 1. The van der Waals surface area contributed by atoms with Gasteiger partial charge in [0.2, 0.25) is 0 Å². The Kier molecular flexibility index (Phi) is 3.72. The van der Waals surface area contributed by atoms with E-state index in [9.17, 15) is 43.9 Å². The second-order valence-corrected chi connectivity index (χ2v) is 2.23. The normalized spacial score (nSPS) is 13.6. The van der Waals surface area contributed by atoms with E-state index in [1.54, 1.807) is 0 Å². The van der Waals surface area contributed by atoms with Gasteiger partial charge < -0.3 is 4.74 Å². The van der Waals surface area contributed by atoms with Crippen LogP contribution >= 0.6 is 0 Å². The SMILES string of the molecule is FC(F)=C(F)OC(F)(C(F)(F)F)C(F)(F)F.